The Morgan fingerprint density at radius 1 is 1.86 bits per heavy atom. The number of thioether (sulfide) groups is 1. The topological polar surface area (TPSA) is 0 Å². The molecule has 0 aromatic carbocycles. The molecule has 0 saturated carbocycles. The molecule has 0 aromatic heterocycles. The van der Waals surface area contributed by atoms with Crippen LogP contribution in [0.1, 0.15) is 6.92 Å². The third kappa shape index (κ3) is 11.8. The third-order valence-electron chi connectivity index (χ3n) is 0.268. The Balaban J connectivity index is 0. The van der Waals surface area contributed by atoms with E-state index in [2.05, 4.69) is 24.8 Å². The average molecular weight is 177 g/mol. The van der Waals surface area contributed by atoms with Gasteiger partial charge in [0.2, 0.25) is 0 Å². The summed E-state index contributed by atoms with van der Waals surface area (Å²) in [6.07, 6.45) is 0. The van der Waals surface area contributed by atoms with Gasteiger partial charge < -0.3 is 0 Å². The van der Waals surface area contributed by atoms with Crippen molar-refractivity contribution >= 4 is 40.1 Å². The van der Waals surface area contributed by atoms with Gasteiger partial charge in [-0.25, -0.2) is 0 Å². The van der Waals surface area contributed by atoms with E-state index < -0.39 is 0 Å². The summed E-state index contributed by atoms with van der Waals surface area (Å²) in [5.74, 6) is 1.03. The molecule has 0 N–H and O–H groups in total. The maximum Gasteiger partial charge on any atom is 1.00 e. The van der Waals surface area contributed by atoms with Gasteiger partial charge in [-0.1, -0.05) is 19.1 Å². The minimum absolute atomic E-state index is 0. The van der Waals surface area contributed by atoms with Crippen LogP contribution >= 0.6 is 36.6 Å². The molecule has 4 heteroatoms. The van der Waals surface area contributed by atoms with Gasteiger partial charge in [-0.05, 0) is 5.75 Å². The van der Waals surface area contributed by atoms with Crippen LogP contribution in [0.2, 0.25) is 0 Å². The average Bonchev–Trinajstić information content (AvgIpc) is 1.35. The van der Waals surface area contributed by atoms with Gasteiger partial charge in [0.15, 0.2) is 0 Å². The van der Waals surface area contributed by atoms with E-state index in [1.54, 1.807) is 11.8 Å². The Morgan fingerprint density at radius 3 is 2.29 bits per heavy atom. The fourth-order valence-electron chi connectivity index (χ4n) is 0.123. The van der Waals surface area contributed by atoms with E-state index in [4.69, 9.17) is 0 Å². The molecule has 0 spiro atoms. The van der Waals surface area contributed by atoms with Crippen LogP contribution in [0.3, 0.4) is 0 Å². The predicted molar refractivity (Wildman–Crippen MR) is 39.7 cm³/mol. The molecule has 7 heavy (non-hydrogen) atoms. The van der Waals surface area contributed by atoms with Crippen LogP contribution in [-0.4, -0.2) is 9.28 Å². The van der Waals surface area contributed by atoms with Crippen molar-refractivity contribution in [2.75, 3.05) is 5.75 Å². The minimum Gasteiger partial charge on any atom is -0.125 e. The number of hydrogen-bond acceptors (Lipinski definition) is 2. The van der Waals surface area contributed by atoms with Crippen molar-refractivity contribution in [2.24, 2.45) is 0 Å². The standard InChI is InChI=1S/C3H6S3.K/c1-2-6-3(4)5;/h2H2,1H3,(H,4,5);/q;+1. The molecule has 0 atom stereocenters. The van der Waals surface area contributed by atoms with Gasteiger partial charge in [0.25, 0.3) is 0 Å². The van der Waals surface area contributed by atoms with Crippen LogP contribution in [0.25, 0.3) is 0 Å². The number of thiocarbonyl (C=S) groups is 1. The van der Waals surface area contributed by atoms with E-state index >= 15 is 0 Å². The Labute approximate surface area is 102 Å². The van der Waals surface area contributed by atoms with Crippen LogP contribution in [0.4, 0.5) is 0 Å². The Morgan fingerprint density at radius 2 is 2.29 bits per heavy atom. The summed E-state index contributed by atoms with van der Waals surface area (Å²) in [6.45, 7) is 2.05. The van der Waals surface area contributed by atoms with Crippen LogP contribution < -0.4 is 51.4 Å². The maximum absolute atomic E-state index is 4.62. The van der Waals surface area contributed by atoms with Gasteiger partial charge >= 0.3 is 51.4 Å². The Bertz CT molecular complexity index is 54.1. The molecule has 0 heterocycles. The first-order valence-electron chi connectivity index (χ1n) is 1.63. The zero-order valence-corrected chi connectivity index (χ0v) is 10.1. The molecule has 0 rings (SSSR count). The molecular weight excluding hydrogens is 171 g/mol. The van der Waals surface area contributed by atoms with E-state index in [1.807, 2.05) is 6.92 Å². The molecule has 0 unspecified atom stereocenters. The van der Waals surface area contributed by atoms with Crippen LogP contribution in [-0.2, 0) is 0 Å². The maximum atomic E-state index is 4.62. The van der Waals surface area contributed by atoms with Crippen molar-refractivity contribution in [1.29, 1.82) is 0 Å². The second kappa shape index (κ2) is 8.43. The van der Waals surface area contributed by atoms with E-state index in [-0.39, 0.29) is 51.4 Å². The van der Waals surface area contributed by atoms with Crippen molar-refractivity contribution in [2.45, 2.75) is 6.92 Å². The summed E-state index contributed by atoms with van der Waals surface area (Å²) < 4.78 is 0.734. The predicted octanol–water partition coefficient (Wildman–Crippen LogP) is -1.04. The van der Waals surface area contributed by atoms with Gasteiger partial charge in [-0.2, -0.15) is 0 Å². The number of thiol groups is 1. The fraction of sp³-hybridized carbons (Fsp3) is 0.667. The molecule has 0 bridgehead atoms. The number of hydrogen-bond donors (Lipinski definition) is 1. The van der Waals surface area contributed by atoms with Gasteiger partial charge in [0.05, 0.1) is 0 Å². The van der Waals surface area contributed by atoms with E-state index in [9.17, 15) is 0 Å². The Kier molecular flexibility index (Phi) is 14.6. The molecule has 36 valence electrons. The SMILES string of the molecule is CCSC(=S)S.[K+]. The molecule has 0 aliphatic carbocycles. The summed E-state index contributed by atoms with van der Waals surface area (Å²) in [5, 5.41) is 0. The zero-order chi connectivity index (χ0) is 4.99. The Hall–Kier alpha value is 2.43. The van der Waals surface area contributed by atoms with Crippen molar-refractivity contribution in [1.82, 2.24) is 0 Å². The quantitative estimate of drug-likeness (QED) is 0.309. The summed E-state index contributed by atoms with van der Waals surface area (Å²) in [4.78, 5) is 0. The first kappa shape index (κ1) is 12.1. The van der Waals surface area contributed by atoms with Crippen molar-refractivity contribution in [3.8, 4) is 0 Å². The van der Waals surface area contributed by atoms with Crippen molar-refractivity contribution in [3.05, 3.63) is 0 Å². The fourth-order valence-corrected chi connectivity index (χ4v) is 1.11. The van der Waals surface area contributed by atoms with Crippen LogP contribution in [0.5, 0.6) is 0 Å². The number of rotatable bonds is 1. The second-order valence-corrected chi connectivity index (χ2v) is 3.69. The molecule has 0 nitrogen and oxygen atoms in total. The molecule has 0 aliphatic heterocycles. The molecule has 0 aromatic rings. The third-order valence-corrected chi connectivity index (χ3v) is 1.54. The summed E-state index contributed by atoms with van der Waals surface area (Å²) in [6, 6.07) is 0. The monoisotopic (exact) mass is 177 g/mol. The van der Waals surface area contributed by atoms with Gasteiger partial charge in [0, 0.05) is 0 Å². The molecule has 0 radical (unpaired) electrons. The summed E-state index contributed by atoms with van der Waals surface area (Å²) in [7, 11) is 0. The van der Waals surface area contributed by atoms with Crippen molar-refractivity contribution < 1.29 is 51.4 Å². The molecule has 0 aliphatic rings. The van der Waals surface area contributed by atoms with Crippen molar-refractivity contribution in [3.63, 3.8) is 0 Å². The molecule has 0 fully saturated rings. The van der Waals surface area contributed by atoms with Gasteiger partial charge in [0.1, 0.15) is 3.53 Å². The van der Waals surface area contributed by atoms with E-state index in [1.165, 1.54) is 0 Å². The molecule has 0 amide bonds. The summed E-state index contributed by atoms with van der Waals surface area (Å²) >= 11 is 10.1. The smallest absolute Gasteiger partial charge is 0.125 e. The zero-order valence-electron chi connectivity index (χ0n) is 4.47. The molecular formula is C3H6KS3+. The minimum atomic E-state index is 0. The largest absolute Gasteiger partial charge is 1.00 e. The molecule has 0 saturated heterocycles. The second-order valence-electron chi connectivity index (χ2n) is 0.699. The van der Waals surface area contributed by atoms with Gasteiger partial charge in [-0.15, -0.1) is 24.4 Å². The van der Waals surface area contributed by atoms with Gasteiger partial charge in [-0.3, -0.25) is 0 Å². The first-order valence-corrected chi connectivity index (χ1v) is 3.47. The summed E-state index contributed by atoms with van der Waals surface area (Å²) in [5.41, 5.74) is 0. The van der Waals surface area contributed by atoms with E-state index in [0.717, 1.165) is 9.28 Å². The van der Waals surface area contributed by atoms with Crippen LogP contribution in [0, 0.1) is 0 Å². The van der Waals surface area contributed by atoms with Crippen LogP contribution in [0.15, 0.2) is 0 Å². The first-order chi connectivity index (χ1) is 2.77. The van der Waals surface area contributed by atoms with E-state index in [0.29, 0.717) is 0 Å². The normalized spacial score (nSPS) is 7.14.